The van der Waals surface area contributed by atoms with Crippen LogP contribution >= 0.6 is 0 Å². The zero-order valence-corrected chi connectivity index (χ0v) is 11.3. The van der Waals surface area contributed by atoms with Crippen molar-refractivity contribution < 1.29 is 14.2 Å². The second-order valence-electron chi connectivity index (χ2n) is 5.89. The van der Waals surface area contributed by atoms with Gasteiger partial charge in [-0.3, -0.25) is 9.59 Å². The molecular weight excluding hydrogens is 243 g/mol. The number of primary amides is 1. The van der Waals surface area contributed by atoms with Gasteiger partial charge in [-0.15, -0.1) is 0 Å². The molecule has 1 atom stereocenters. The first-order valence-electron chi connectivity index (χ1n) is 7.32. The first-order valence-corrected chi connectivity index (χ1v) is 7.32. The Balaban J connectivity index is 1.85. The number of amides is 1. The lowest BCUT2D eigenvalue weighted by Gasteiger charge is -2.39. The van der Waals surface area contributed by atoms with Crippen molar-refractivity contribution in [1.82, 2.24) is 0 Å². The van der Waals surface area contributed by atoms with Crippen molar-refractivity contribution in [2.75, 3.05) is 0 Å². The predicted molar refractivity (Wildman–Crippen MR) is 73.5 cm³/mol. The van der Waals surface area contributed by atoms with Crippen molar-refractivity contribution in [2.24, 2.45) is 11.5 Å². The Hall–Kier alpha value is -1.04. The van der Waals surface area contributed by atoms with Gasteiger partial charge in [-0.05, 0) is 18.1 Å². The average molecular weight is 266 g/mol. The van der Waals surface area contributed by atoms with Crippen LogP contribution in [0.3, 0.4) is 0 Å². The van der Waals surface area contributed by atoms with Gasteiger partial charge in [-0.25, -0.2) is 0 Å². The SMILES string of the molecule is NC(=O)CC[C@H](N)C(=O)OB1C2CCCC1CCC2. The number of rotatable bonds is 5. The summed E-state index contributed by atoms with van der Waals surface area (Å²) in [5.41, 5.74) is 10.8. The van der Waals surface area contributed by atoms with Gasteiger partial charge in [-0.1, -0.05) is 38.5 Å². The second kappa shape index (κ2) is 6.41. The van der Waals surface area contributed by atoms with Crippen LogP contribution in [0.2, 0.25) is 11.6 Å². The molecule has 2 rings (SSSR count). The van der Waals surface area contributed by atoms with Crippen LogP contribution in [-0.4, -0.2) is 24.8 Å². The Labute approximate surface area is 114 Å². The molecule has 2 heterocycles. The summed E-state index contributed by atoms with van der Waals surface area (Å²) < 4.78 is 5.64. The molecule has 1 amide bonds. The molecule has 2 saturated heterocycles. The van der Waals surface area contributed by atoms with E-state index in [-0.39, 0.29) is 25.7 Å². The normalized spacial score (nSPS) is 27.7. The van der Waals surface area contributed by atoms with Crippen molar-refractivity contribution in [3.63, 3.8) is 0 Å². The van der Waals surface area contributed by atoms with Crippen molar-refractivity contribution in [3.8, 4) is 0 Å². The van der Waals surface area contributed by atoms with Crippen LogP contribution in [0.1, 0.15) is 51.4 Å². The molecule has 0 unspecified atom stereocenters. The summed E-state index contributed by atoms with van der Waals surface area (Å²) in [4.78, 5) is 22.6. The number of fused-ring (bicyclic) bond motifs is 2. The van der Waals surface area contributed by atoms with E-state index in [1.54, 1.807) is 0 Å². The van der Waals surface area contributed by atoms with E-state index in [9.17, 15) is 9.59 Å². The van der Waals surface area contributed by atoms with E-state index in [0.717, 1.165) is 25.7 Å². The molecular formula is C13H23BN2O3. The third-order valence-corrected chi connectivity index (χ3v) is 4.49. The number of carbonyl (C=O) groups is 2. The molecule has 0 spiro atoms. The minimum absolute atomic E-state index is 0.0506. The molecule has 2 fully saturated rings. The van der Waals surface area contributed by atoms with E-state index < -0.39 is 11.9 Å². The van der Waals surface area contributed by atoms with Gasteiger partial charge < -0.3 is 16.1 Å². The number of nitrogens with two attached hydrogens (primary N) is 2. The maximum Gasteiger partial charge on any atom is 0.367 e. The maximum atomic E-state index is 12.0. The monoisotopic (exact) mass is 266 g/mol. The summed E-state index contributed by atoms with van der Waals surface area (Å²) in [6, 6.07) is -0.727. The number of hydrogen-bond acceptors (Lipinski definition) is 4. The molecule has 0 aliphatic carbocycles. The molecule has 106 valence electrons. The minimum Gasteiger partial charge on any atom is -0.535 e. The highest BCUT2D eigenvalue weighted by Crippen LogP contribution is 2.46. The highest BCUT2D eigenvalue weighted by Gasteiger charge is 2.44. The van der Waals surface area contributed by atoms with Crippen LogP contribution in [-0.2, 0) is 14.2 Å². The first-order chi connectivity index (χ1) is 9.08. The van der Waals surface area contributed by atoms with Crippen LogP contribution in [0, 0.1) is 0 Å². The van der Waals surface area contributed by atoms with Crippen LogP contribution in [0.5, 0.6) is 0 Å². The molecule has 19 heavy (non-hydrogen) atoms. The zero-order valence-electron chi connectivity index (χ0n) is 11.3. The van der Waals surface area contributed by atoms with Crippen LogP contribution in [0.4, 0.5) is 0 Å². The molecule has 6 heteroatoms. The summed E-state index contributed by atoms with van der Waals surface area (Å²) in [7, 11) is 0. The lowest BCUT2D eigenvalue weighted by atomic mass is 9.38. The van der Waals surface area contributed by atoms with Crippen molar-refractivity contribution in [2.45, 2.75) is 69.0 Å². The molecule has 2 bridgehead atoms. The second-order valence-corrected chi connectivity index (χ2v) is 5.89. The van der Waals surface area contributed by atoms with E-state index >= 15 is 0 Å². The van der Waals surface area contributed by atoms with E-state index in [1.807, 2.05) is 0 Å². The highest BCUT2D eigenvalue weighted by atomic mass is 16.5. The smallest absolute Gasteiger partial charge is 0.367 e. The first kappa shape index (κ1) is 14.4. The molecule has 2 aliphatic heterocycles. The molecule has 0 saturated carbocycles. The predicted octanol–water partition coefficient (Wildman–Crippen LogP) is 1.22. The molecule has 0 aromatic carbocycles. The zero-order chi connectivity index (χ0) is 13.8. The van der Waals surface area contributed by atoms with Crippen molar-refractivity contribution >= 4 is 18.8 Å². The minimum atomic E-state index is -0.727. The highest BCUT2D eigenvalue weighted by molar-refractivity contribution is 6.57. The van der Waals surface area contributed by atoms with Crippen molar-refractivity contribution in [1.29, 1.82) is 0 Å². The van der Waals surface area contributed by atoms with E-state index in [4.69, 9.17) is 16.1 Å². The van der Waals surface area contributed by atoms with Crippen LogP contribution in [0.15, 0.2) is 0 Å². The summed E-state index contributed by atoms with van der Waals surface area (Å²) in [5, 5.41) is 0. The van der Waals surface area contributed by atoms with Gasteiger partial charge in [0.05, 0.1) is 0 Å². The standard InChI is InChI=1S/C13H23BN2O3/c15-11(7-8-12(16)17)13(18)19-14-9-3-1-4-10(14)6-2-5-9/h9-11H,1-8,15H2,(H2,16,17)/t9?,10?,11-/m0/s1. The molecule has 2 aliphatic rings. The van der Waals surface area contributed by atoms with Gasteiger partial charge in [0.1, 0.15) is 6.04 Å². The van der Waals surface area contributed by atoms with E-state index in [1.165, 1.54) is 12.8 Å². The fraction of sp³-hybridized carbons (Fsp3) is 0.846. The number of carbonyl (C=O) groups excluding carboxylic acids is 2. The Bertz CT molecular complexity index is 329. The topological polar surface area (TPSA) is 95.4 Å². The summed E-state index contributed by atoms with van der Waals surface area (Å²) in [5.74, 6) is 0.224. The van der Waals surface area contributed by atoms with Crippen LogP contribution < -0.4 is 11.5 Å². The summed E-state index contributed by atoms with van der Waals surface area (Å²) in [6.45, 7) is 0.0506. The quantitative estimate of drug-likeness (QED) is 0.731. The van der Waals surface area contributed by atoms with Crippen molar-refractivity contribution in [3.05, 3.63) is 0 Å². The fourth-order valence-electron chi connectivity index (χ4n) is 3.44. The van der Waals surface area contributed by atoms with Gasteiger partial charge in [0.25, 0.3) is 0 Å². The lowest BCUT2D eigenvalue weighted by molar-refractivity contribution is -0.136. The van der Waals surface area contributed by atoms with Gasteiger partial charge in [-0.2, -0.15) is 0 Å². The average Bonchev–Trinajstić information content (AvgIpc) is 2.35. The summed E-state index contributed by atoms with van der Waals surface area (Å²) in [6.07, 6.45) is 7.53. The largest absolute Gasteiger partial charge is 0.535 e. The fourth-order valence-corrected chi connectivity index (χ4v) is 3.44. The van der Waals surface area contributed by atoms with E-state index in [2.05, 4.69) is 0 Å². The Morgan fingerprint density at radius 2 is 1.68 bits per heavy atom. The Morgan fingerprint density at radius 3 is 2.16 bits per heavy atom. The number of hydrogen-bond donors (Lipinski definition) is 2. The van der Waals surface area contributed by atoms with Gasteiger partial charge in [0.15, 0.2) is 0 Å². The Morgan fingerprint density at radius 1 is 1.16 bits per heavy atom. The third-order valence-electron chi connectivity index (χ3n) is 4.49. The molecule has 0 aromatic heterocycles. The Kier molecular flexibility index (Phi) is 4.85. The lowest BCUT2D eigenvalue weighted by Crippen LogP contribution is -2.43. The third kappa shape index (κ3) is 3.72. The van der Waals surface area contributed by atoms with Crippen LogP contribution in [0.25, 0.3) is 0 Å². The molecule has 0 radical (unpaired) electrons. The van der Waals surface area contributed by atoms with Gasteiger partial charge >= 0.3 is 12.9 Å². The molecule has 4 N–H and O–H groups in total. The summed E-state index contributed by atoms with van der Waals surface area (Å²) >= 11 is 0. The van der Waals surface area contributed by atoms with Gasteiger partial charge in [0, 0.05) is 6.42 Å². The van der Waals surface area contributed by atoms with E-state index in [0.29, 0.717) is 11.6 Å². The molecule has 5 nitrogen and oxygen atoms in total. The molecule has 0 aromatic rings. The maximum absolute atomic E-state index is 12.0. The van der Waals surface area contributed by atoms with Gasteiger partial charge in [0.2, 0.25) is 5.91 Å².